The van der Waals surface area contributed by atoms with Crippen LogP contribution in [-0.4, -0.2) is 16.1 Å². The molecule has 0 saturated carbocycles. The molecule has 0 bridgehead atoms. The molecular formula is C46H52N4. The Kier molecular flexibility index (Phi) is 8.01. The Labute approximate surface area is 298 Å². The maximum atomic E-state index is 5.13. The number of anilines is 2. The Bertz CT molecular complexity index is 2290. The Balaban J connectivity index is 1.23. The lowest BCUT2D eigenvalue weighted by Crippen LogP contribution is -2.36. The van der Waals surface area contributed by atoms with Gasteiger partial charge < -0.3 is 15.6 Å². The number of hydrogen-bond donors (Lipinski definition) is 3. The lowest BCUT2D eigenvalue weighted by molar-refractivity contribution is 0.372. The molecule has 256 valence electrons. The molecule has 1 unspecified atom stereocenters. The first-order valence-corrected chi connectivity index (χ1v) is 18.0. The van der Waals surface area contributed by atoms with Crippen LogP contribution in [0.5, 0.6) is 0 Å². The van der Waals surface area contributed by atoms with Gasteiger partial charge in [0.2, 0.25) is 0 Å². The minimum Gasteiger partial charge on any atom is -0.363 e. The zero-order chi connectivity index (χ0) is 35.9. The average molecular weight is 661 g/mol. The summed E-state index contributed by atoms with van der Waals surface area (Å²) in [7, 11) is 0. The highest BCUT2D eigenvalue weighted by Gasteiger charge is 2.30. The molecule has 5 aromatic carbocycles. The van der Waals surface area contributed by atoms with Crippen LogP contribution in [0, 0.1) is 47.0 Å². The van der Waals surface area contributed by atoms with E-state index in [0.717, 1.165) is 28.2 Å². The molecule has 4 heteroatoms. The zero-order valence-corrected chi connectivity index (χ0v) is 32.0. The third-order valence-corrected chi connectivity index (χ3v) is 10.7. The molecule has 0 fully saturated rings. The van der Waals surface area contributed by atoms with Crippen molar-refractivity contribution in [3.63, 3.8) is 0 Å². The molecule has 1 aliphatic rings. The maximum absolute atomic E-state index is 5.13. The highest BCUT2D eigenvalue weighted by molar-refractivity contribution is 5.89. The third-order valence-electron chi connectivity index (χ3n) is 10.7. The highest BCUT2D eigenvalue weighted by atomic mass is 15.2. The SMILES string of the molecule is Cc1cc(C)c(-c2nc3ccc(-c4ccc5c(c4)NC(C(C)(C)C)N5)cc3[nH]2)c(C)c1-c1ccc(-c2c(C)cc(C)c(C(C)(C)C)c2C)cc1. The van der Waals surface area contributed by atoms with Crippen LogP contribution >= 0.6 is 0 Å². The van der Waals surface area contributed by atoms with Crippen LogP contribution in [0.1, 0.15) is 80.5 Å². The molecule has 0 amide bonds. The number of H-pyrrole nitrogens is 1. The summed E-state index contributed by atoms with van der Waals surface area (Å²) in [6.07, 6.45) is 0.206. The third kappa shape index (κ3) is 5.79. The first kappa shape index (κ1) is 33.7. The standard InChI is InChI=1S/C46H52N4/c1-25-21-27(3)41(29(5)39(25)31-13-15-32(16-14-31)40-26(2)22-28(4)42(30(40)6)45(7,8)9)43-47-35-19-17-33(23-37(35)48-43)34-18-20-36-38(24-34)50-44(49-36)46(10,11)12/h13-24,44,49-50H,1-12H3,(H,47,48). The molecule has 0 spiro atoms. The fourth-order valence-corrected chi connectivity index (χ4v) is 8.64. The van der Waals surface area contributed by atoms with Crippen molar-refractivity contribution in [1.82, 2.24) is 9.97 Å². The summed E-state index contributed by atoms with van der Waals surface area (Å²) in [6, 6.07) is 27.1. The average Bonchev–Trinajstić information content (AvgIpc) is 3.64. The molecule has 4 nitrogen and oxygen atoms in total. The van der Waals surface area contributed by atoms with Crippen molar-refractivity contribution in [2.75, 3.05) is 10.6 Å². The second-order valence-corrected chi connectivity index (χ2v) is 16.8. The van der Waals surface area contributed by atoms with Crippen LogP contribution in [0.4, 0.5) is 11.4 Å². The number of hydrogen-bond acceptors (Lipinski definition) is 3. The predicted molar refractivity (Wildman–Crippen MR) is 215 cm³/mol. The second-order valence-electron chi connectivity index (χ2n) is 16.8. The lowest BCUT2D eigenvalue weighted by Gasteiger charge is -2.27. The maximum Gasteiger partial charge on any atom is 0.139 e. The number of aromatic nitrogens is 2. The van der Waals surface area contributed by atoms with E-state index in [9.17, 15) is 0 Å². The van der Waals surface area contributed by atoms with Crippen molar-refractivity contribution in [3.05, 3.63) is 112 Å². The van der Waals surface area contributed by atoms with Gasteiger partial charge in [-0.2, -0.15) is 0 Å². The number of fused-ring (bicyclic) bond motifs is 2. The van der Waals surface area contributed by atoms with Gasteiger partial charge in [-0.1, -0.05) is 90.1 Å². The predicted octanol–water partition coefficient (Wildman–Crippen LogP) is 12.6. The number of aryl methyl sites for hydroxylation is 4. The largest absolute Gasteiger partial charge is 0.363 e. The van der Waals surface area contributed by atoms with Crippen molar-refractivity contribution in [2.45, 2.75) is 94.7 Å². The summed E-state index contributed by atoms with van der Waals surface area (Å²) >= 11 is 0. The molecule has 3 N–H and O–H groups in total. The number of nitrogens with zero attached hydrogens (tertiary/aromatic N) is 1. The number of nitrogens with one attached hydrogen (secondary N) is 3. The van der Waals surface area contributed by atoms with Gasteiger partial charge in [0, 0.05) is 11.0 Å². The van der Waals surface area contributed by atoms with Gasteiger partial charge in [-0.25, -0.2) is 4.98 Å². The Morgan fingerprint density at radius 1 is 0.520 bits per heavy atom. The van der Waals surface area contributed by atoms with Crippen molar-refractivity contribution >= 4 is 22.4 Å². The second kappa shape index (κ2) is 11.9. The molecule has 50 heavy (non-hydrogen) atoms. The van der Waals surface area contributed by atoms with E-state index >= 15 is 0 Å². The number of aromatic amines is 1. The van der Waals surface area contributed by atoms with Crippen molar-refractivity contribution in [2.24, 2.45) is 5.41 Å². The Hall–Kier alpha value is -4.83. The molecule has 1 aliphatic heterocycles. The van der Waals surface area contributed by atoms with Gasteiger partial charge in [0.1, 0.15) is 12.0 Å². The van der Waals surface area contributed by atoms with Gasteiger partial charge in [0.25, 0.3) is 0 Å². The smallest absolute Gasteiger partial charge is 0.139 e. The Morgan fingerprint density at radius 2 is 1.04 bits per heavy atom. The molecule has 0 aliphatic carbocycles. The van der Waals surface area contributed by atoms with Crippen molar-refractivity contribution in [1.29, 1.82) is 0 Å². The molecule has 0 radical (unpaired) electrons. The fourth-order valence-electron chi connectivity index (χ4n) is 8.64. The van der Waals surface area contributed by atoms with Gasteiger partial charge in [-0.15, -0.1) is 0 Å². The van der Waals surface area contributed by atoms with E-state index in [2.05, 4.69) is 171 Å². The summed E-state index contributed by atoms with van der Waals surface area (Å²) in [5.74, 6) is 0.915. The van der Waals surface area contributed by atoms with Crippen LogP contribution in [0.15, 0.2) is 72.8 Å². The van der Waals surface area contributed by atoms with Crippen molar-refractivity contribution in [3.8, 4) is 44.8 Å². The summed E-state index contributed by atoms with van der Waals surface area (Å²) in [6.45, 7) is 27.2. The topological polar surface area (TPSA) is 52.7 Å². The molecule has 1 aromatic heterocycles. The van der Waals surface area contributed by atoms with E-state index in [-0.39, 0.29) is 17.0 Å². The summed E-state index contributed by atoms with van der Waals surface area (Å²) in [5.41, 5.74) is 22.5. The quantitative estimate of drug-likeness (QED) is 0.176. The van der Waals surface area contributed by atoms with E-state index < -0.39 is 0 Å². The van der Waals surface area contributed by atoms with Gasteiger partial charge in [0.15, 0.2) is 0 Å². The monoisotopic (exact) mass is 660 g/mol. The van der Waals surface area contributed by atoms with Crippen LogP contribution in [0.2, 0.25) is 0 Å². The normalized spacial score (nSPS) is 14.5. The van der Waals surface area contributed by atoms with E-state index in [1.165, 1.54) is 77.9 Å². The van der Waals surface area contributed by atoms with Gasteiger partial charge in [0.05, 0.1) is 22.4 Å². The van der Waals surface area contributed by atoms with E-state index in [1.54, 1.807) is 0 Å². The Morgan fingerprint density at radius 3 is 1.66 bits per heavy atom. The number of imidazole rings is 1. The number of benzene rings is 5. The molecule has 1 atom stereocenters. The molecular weight excluding hydrogens is 609 g/mol. The molecule has 6 aromatic rings. The summed E-state index contributed by atoms with van der Waals surface area (Å²) < 4.78 is 0. The molecule has 2 heterocycles. The number of rotatable bonds is 4. The minimum absolute atomic E-state index is 0.0914. The van der Waals surface area contributed by atoms with Gasteiger partial charge in [-0.3, -0.25) is 0 Å². The van der Waals surface area contributed by atoms with Crippen LogP contribution in [-0.2, 0) is 5.41 Å². The van der Waals surface area contributed by atoms with Gasteiger partial charge >= 0.3 is 0 Å². The van der Waals surface area contributed by atoms with Crippen LogP contribution < -0.4 is 10.6 Å². The lowest BCUT2D eigenvalue weighted by atomic mass is 9.77. The molecule has 7 rings (SSSR count). The van der Waals surface area contributed by atoms with E-state index in [4.69, 9.17) is 4.98 Å². The summed E-state index contributed by atoms with van der Waals surface area (Å²) in [5, 5.41) is 7.31. The van der Waals surface area contributed by atoms with Crippen LogP contribution in [0.3, 0.4) is 0 Å². The van der Waals surface area contributed by atoms with Gasteiger partial charge in [-0.05, 0) is 144 Å². The highest BCUT2D eigenvalue weighted by Crippen LogP contribution is 2.42. The van der Waals surface area contributed by atoms with E-state index in [0.29, 0.717) is 0 Å². The van der Waals surface area contributed by atoms with Crippen LogP contribution in [0.25, 0.3) is 55.8 Å². The fraction of sp³-hybridized carbons (Fsp3) is 0.326. The first-order chi connectivity index (χ1) is 23.5. The zero-order valence-electron chi connectivity index (χ0n) is 32.0. The first-order valence-electron chi connectivity index (χ1n) is 18.0. The van der Waals surface area contributed by atoms with E-state index in [1.807, 2.05) is 0 Å². The van der Waals surface area contributed by atoms with Crippen molar-refractivity contribution < 1.29 is 0 Å². The minimum atomic E-state index is 0.0914. The molecule has 0 saturated heterocycles. The summed E-state index contributed by atoms with van der Waals surface area (Å²) in [4.78, 5) is 8.84.